The van der Waals surface area contributed by atoms with Crippen molar-refractivity contribution in [1.29, 1.82) is 0 Å². The zero-order chi connectivity index (χ0) is 13.3. The van der Waals surface area contributed by atoms with Gasteiger partial charge in [0.25, 0.3) is 0 Å². The second-order valence-corrected chi connectivity index (χ2v) is 5.33. The van der Waals surface area contributed by atoms with Gasteiger partial charge >= 0.3 is 0 Å². The highest BCUT2D eigenvalue weighted by Gasteiger charge is 2.27. The van der Waals surface area contributed by atoms with Crippen molar-refractivity contribution in [3.05, 3.63) is 0 Å². The number of hydrazine groups is 1. The quantitative estimate of drug-likeness (QED) is 0.283. The lowest BCUT2D eigenvalue weighted by atomic mass is 9.94. The Morgan fingerprint density at radius 1 is 1.35 bits per heavy atom. The van der Waals surface area contributed by atoms with Crippen LogP contribution in [0.3, 0.4) is 0 Å². The predicted molar refractivity (Wildman–Crippen MR) is 70.3 cm³/mol. The van der Waals surface area contributed by atoms with Gasteiger partial charge in [0.2, 0.25) is 5.91 Å². The molecule has 0 aliphatic carbocycles. The second kappa shape index (κ2) is 8.48. The molecular weight excluding hydrogens is 216 g/mol. The van der Waals surface area contributed by atoms with Gasteiger partial charge in [-0.2, -0.15) is 0 Å². The van der Waals surface area contributed by atoms with Crippen LogP contribution >= 0.6 is 0 Å². The molecule has 1 unspecified atom stereocenters. The van der Waals surface area contributed by atoms with Crippen LogP contribution in [0.5, 0.6) is 0 Å². The SMILES string of the molecule is CCCCCCC(C)OCC(C)(C)C(=O)NN. The van der Waals surface area contributed by atoms with Crippen molar-refractivity contribution in [2.24, 2.45) is 11.3 Å². The smallest absolute Gasteiger partial charge is 0.241 e. The van der Waals surface area contributed by atoms with Crippen LogP contribution < -0.4 is 11.3 Å². The van der Waals surface area contributed by atoms with Crippen LogP contribution in [0, 0.1) is 5.41 Å². The van der Waals surface area contributed by atoms with Crippen molar-refractivity contribution >= 4 is 5.91 Å². The Hall–Kier alpha value is -0.610. The molecule has 0 saturated carbocycles. The van der Waals surface area contributed by atoms with E-state index in [1.807, 2.05) is 13.8 Å². The number of rotatable bonds is 9. The summed E-state index contributed by atoms with van der Waals surface area (Å²) >= 11 is 0. The number of nitrogens with two attached hydrogens (primary N) is 1. The number of nitrogens with one attached hydrogen (secondary N) is 1. The molecule has 0 spiro atoms. The number of ether oxygens (including phenoxy) is 1. The van der Waals surface area contributed by atoms with Gasteiger partial charge in [-0.25, -0.2) is 5.84 Å². The number of hydrogen-bond acceptors (Lipinski definition) is 3. The molecule has 3 N–H and O–H groups in total. The first-order valence-electron chi connectivity index (χ1n) is 6.56. The van der Waals surface area contributed by atoms with Gasteiger partial charge in [-0.15, -0.1) is 0 Å². The Morgan fingerprint density at radius 3 is 2.53 bits per heavy atom. The van der Waals surface area contributed by atoms with Gasteiger partial charge < -0.3 is 4.74 Å². The zero-order valence-electron chi connectivity index (χ0n) is 11.7. The highest BCUT2D eigenvalue weighted by Crippen LogP contribution is 2.17. The van der Waals surface area contributed by atoms with Gasteiger partial charge in [0.1, 0.15) is 0 Å². The predicted octanol–water partition coefficient (Wildman–Crippen LogP) is 2.38. The molecule has 0 aromatic heterocycles. The van der Waals surface area contributed by atoms with Crippen LogP contribution in [0.25, 0.3) is 0 Å². The van der Waals surface area contributed by atoms with Crippen LogP contribution in [-0.2, 0) is 9.53 Å². The van der Waals surface area contributed by atoms with Crippen molar-refractivity contribution in [3.63, 3.8) is 0 Å². The zero-order valence-corrected chi connectivity index (χ0v) is 11.7. The molecule has 4 nitrogen and oxygen atoms in total. The Morgan fingerprint density at radius 2 is 2.00 bits per heavy atom. The highest BCUT2D eigenvalue weighted by molar-refractivity contribution is 5.81. The Labute approximate surface area is 105 Å². The molecule has 0 radical (unpaired) electrons. The normalized spacial score (nSPS) is 13.5. The van der Waals surface area contributed by atoms with Crippen LogP contribution in [-0.4, -0.2) is 18.6 Å². The summed E-state index contributed by atoms with van der Waals surface area (Å²) in [7, 11) is 0. The Balaban J connectivity index is 3.75. The van der Waals surface area contributed by atoms with E-state index in [9.17, 15) is 4.79 Å². The first kappa shape index (κ1) is 16.4. The maximum Gasteiger partial charge on any atom is 0.241 e. The number of carbonyl (C=O) groups is 1. The summed E-state index contributed by atoms with van der Waals surface area (Å²) in [5.41, 5.74) is 1.61. The van der Waals surface area contributed by atoms with Gasteiger partial charge in [0.15, 0.2) is 0 Å². The summed E-state index contributed by atoms with van der Waals surface area (Å²) in [4.78, 5) is 11.4. The maximum absolute atomic E-state index is 11.4. The fraction of sp³-hybridized carbons (Fsp3) is 0.923. The first-order valence-corrected chi connectivity index (χ1v) is 6.56. The molecule has 0 rings (SSSR count). The van der Waals surface area contributed by atoms with Crippen molar-refractivity contribution in [2.45, 2.75) is 65.9 Å². The van der Waals surface area contributed by atoms with Gasteiger partial charge in [-0.3, -0.25) is 10.2 Å². The molecule has 4 heteroatoms. The molecule has 102 valence electrons. The van der Waals surface area contributed by atoms with Crippen LogP contribution in [0.2, 0.25) is 0 Å². The molecular formula is C13H28N2O2. The second-order valence-electron chi connectivity index (χ2n) is 5.33. The van der Waals surface area contributed by atoms with E-state index < -0.39 is 5.41 Å². The maximum atomic E-state index is 11.4. The average Bonchev–Trinajstić information content (AvgIpc) is 2.31. The van der Waals surface area contributed by atoms with E-state index in [1.165, 1.54) is 25.7 Å². The summed E-state index contributed by atoms with van der Waals surface area (Å²) in [6, 6.07) is 0. The molecule has 0 aliphatic rings. The number of carbonyl (C=O) groups excluding carboxylic acids is 1. The fourth-order valence-corrected chi connectivity index (χ4v) is 1.55. The molecule has 0 aliphatic heterocycles. The van der Waals surface area contributed by atoms with Crippen LogP contribution in [0.1, 0.15) is 59.8 Å². The molecule has 0 saturated heterocycles. The number of amides is 1. The molecule has 1 amide bonds. The molecule has 0 fully saturated rings. The molecule has 0 bridgehead atoms. The minimum absolute atomic E-state index is 0.185. The summed E-state index contributed by atoms with van der Waals surface area (Å²) in [5.74, 6) is 4.94. The Bertz CT molecular complexity index is 217. The van der Waals surface area contributed by atoms with Crippen molar-refractivity contribution < 1.29 is 9.53 Å². The third kappa shape index (κ3) is 7.34. The van der Waals surface area contributed by atoms with Crippen LogP contribution in [0.15, 0.2) is 0 Å². The van der Waals surface area contributed by atoms with E-state index in [-0.39, 0.29) is 12.0 Å². The van der Waals surface area contributed by atoms with E-state index in [4.69, 9.17) is 10.6 Å². The lowest BCUT2D eigenvalue weighted by Crippen LogP contribution is -2.43. The monoisotopic (exact) mass is 244 g/mol. The molecule has 0 heterocycles. The van der Waals surface area contributed by atoms with Crippen molar-refractivity contribution in [1.82, 2.24) is 5.43 Å². The number of unbranched alkanes of at least 4 members (excludes halogenated alkanes) is 3. The van der Waals surface area contributed by atoms with Gasteiger partial charge in [-0.1, -0.05) is 32.6 Å². The average molecular weight is 244 g/mol. The minimum atomic E-state index is -0.563. The van der Waals surface area contributed by atoms with E-state index in [0.717, 1.165) is 6.42 Å². The molecule has 1 atom stereocenters. The lowest BCUT2D eigenvalue weighted by molar-refractivity contribution is -0.133. The van der Waals surface area contributed by atoms with E-state index >= 15 is 0 Å². The molecule has 0 aromatic carbocycles. The van der Waals surface area contributed by atoms with E-state index in [2.05, 4.69) is 19.3 Å². The van der Waals surface area contributed by atoms with Crippen molar-refractivity contribution in [3.8, 4) is 0 Å². The van der Waals surface area contributed by atoms with E-state index in [0.29, 0.717) is 6.61 Å². The van der Waals surface area contributed by atoms with Gasteiger partial charge in [-0.05, 0) is 27.2 Å². The first-order chi connectivity index (χ1) is 7.94. The summed E-state index contributed by atoms with van der Waals surface area (Å²) < 4.78 is 5.69. The summed E-state index contributed by atoms with van der Waals surface area (Å²) in [6.45, 7) is 8.33. The largest absolute Gasteiger partial charge is 0.377 e. The third-order valence-corrected chi connectivity index (χ3v) is 2.94. The standard InChI is InChI=1S/C13H28N2O2/c1-5-6-7-8-9-11(2)17-10-13(3,4)12(16)15-14/h11H,5-10,14H2,1-4H3,(H,15,16). The number of hydrogen-bond donors (Lipinski definition) is 2. The minimum Gasteiger partial charge on any atom is -0.377 e. The van der Waals surface area contributed by atoms with Crippen LogP contribution in [0.4, 0.5) is 0 Å². The third-order valence-electron chi connectivity index (χ3n) is 2.94. The summed E-state index contributed by atoms with van der Waals surface area (Å²) in [5, 5.41) is 0. The van der Waals surface area contributed by atoms with Gasteiger partial charge in [0, 0.05) is 0 Å². The molecule has 0 aromatic rings. The Kier molecular flexibility index (Phi) is 8.17. The highest BCUT2D eigenvalue weighted by atomic mass is 16.5. The topological polar surface area (TPSA) is 64.3 Å². The molecule has 17 heavy (non-hydrogen) atoms. The summed E-state index contributed by atoms with van der Waals surface area (Å²) in [6.07, 6.45) is 6.25. The van der Waals surface area contributed by atoms with Crippen molar-refractivity contribution in [2.75, 3.05) is 6.61 Å². The van der Waals surface area contributed by atoms with Gasteiger partial charge in [0.05, 0.1) is 18.1 Å². The van der Waals surface area contributed by atoms with E-state index in [1.54, 1.807) is 0 Å². The fourth-order valence-electron chi connectivity index (χ4n) is 1.55. The lowest BCUT2D eigenvalue weighted by Gasteiger charge is -2.24.